The van der Waals surface area contributed by atoms with E-state index in [9.17, 15) is 27.6 Å². The van der Waals surface area contributed by atoms with Crippen molar-refractivity contribution in [3.63, 3.8) is 0 Å². The van der Waals surface area contributed by atoms with Crippen LogP contribution < -0.4 is 31.7 Å². The molecule has 11 nitrogen and oxygen atoms in total. The van der Waals surface area contributed by atoms with Crippen LogP contribution in [0.1, 0.15) is 16.7 Å². The summed E-state index contributed by atoms with van der Waals surface area (Å²) in [7, 11) is 0. The number of alkyl halides is 3. The summed E-state index contributed by atoms with van der Waals surface area (Å²) < 4.78 is 45.3. The largest absolute Gasteiger partial charge is 0.447 e. The Balaban J connectivity index is 1.46. The summed E-state index contributed by atoms with van der Waals surface area (Å²) in [6.07, 6.45) is -5.64. The van der Waals surface area contributed by atoms with Gasteiger partial charge in [0.1, 0.15) is 6.61 Å². The van der Waals surface area contributed by atoms with Gasteiger partial charge in [0.15, 0.2) is 0 Å². The first-order valence-electron chi connectivity index (χ1n) is 11.5. The summed E-state index contributed by atoms with van der Waals surface area (Å²) in [5.74, 6) is -1.32. The van der Waals surface area contributed by atoms with Crippen LogP contribution in [0.3, 0.4) is 0 Å². The maximum Gasteiger partial charge on any atom is 0.416 e. The molecule has 4 N–H and O–H groups in total. The Hall–Kier alpha value is -3.72. The van der Waals surface area contributed by atoms with Crippen molar-refractivity contribution in [2.75, 3.05) is 29.5 Å². The Labute approximate surface area is 209 Å². The van der Waals surface area contributed by atoms with Gasteiger partial charge >= 0.3 is 18.3 Å². The number of carbonyl (C=O) groups is 3. The average molecular weight is 519 g/mol. The quantitative estimate of drug-likeness (QED) is 0.474. The van der Waals surface area contributed by atoms with E-state index in [4.69, 9.17) is 4.74 Å². The van der Waals surface area contributed by atoms with Gasteiger partial charge in [-0.2, -0.15) is 24.2 Å². The number of imide groups is 1. The SMILES string of the molecule is Cc1c(CN2C(=O)C(C3NNNN3)CN(c3ccc(N4CCOC4=O)cc3)C2=O)cccc1C(F)(F)F. The Morgan fingerprint density at radius 2 is 1.62 bits per heavy atom. The highest BCUT2D eigenvalue weighted by Gasteiger charge is 2.45. The first kappa shape index (κ1) is 25.0. The molecule has 3 aliphatic rings. The lowest BCUT2D eigenvalue weighted by molar-refractivity contribution is -0.138. The van der Waals surface area contributed by atoms with Crippen LogP contribution in [0.5, 0.6) is 0 Å². The van der Waals surface area contributed by atoms with Crippen LogP contribution >= 0.6 is 0 Å². The summed E-state index contributed by atoms with van der Waals surface area (Å²) in [5.41, 5.74) is 11.4. The summed E-state index contributed by atoms with van der Waals surface area (Å²) in [5, 5.41) is 0. The van der Waals surface area contributed by atoms with E-state index >= 15 is 0 Å². The fraction of sp³-hybridized carbons (Fsp3) is 0.348. The number of hydrogen-bond donors (Lipinski definition) is 4. The third-order valence-corrected chi connectivity index (χ3v) is 6.66. The van der Waals surface area contributed by atoms with E-state index in [0.717, 1.165) is 11.0 Å². The van der Waals surface area contributed by atoms with Gasteiger partial charge in [-0.15, -0.1) is 0 Å². The number of hydrazine groups is 3. The molecular formula is C23H24F3N7O4. The zero-order valence-electron chi connectivity index (χ0n) is 19.6. The minimum absolute atomic E-state index is 0.00880. The van der Waals surface area contributed by atoms with Crippen LogP contribution in [0, 0.1) is 12.8 Å². The maximum atomic E-state index is 13.5. The molecule has 4 amide bonds. The highest BCUT2D eigenvalue weighted by atomic mass is 19.4. The predicted octanol–water partition coefficient (Wildman–Crippen LogP) is 2.00. The van der Waals surface area contributed by atoms with Gasteiger partial charge in [-0.1, -0.05) is 12.1 Å². The first-order chi connectivity index (χ1) is 17.6. The number of urea groups is 1. The van der Waals surface area contributed by atoms with Gasteiger partial charge < -0.3 is 4.74 Å². The van der Waals surface area contributed by atoms with Crippen molar-refractivity contribution in [1.82, 2.24) is 26.8 Å². The lowest BCUT2D eigenvalue weighted by atomic mass is 9.98. The fourth-order valence-corrected chi connectivity index (χ4v) is 4.64. The summed E-state index contributed by atoms with van der Waals surface area (Å²) >= 11 is 0. The molecule has 0 bridgehead atoms. The number of amides is 4. The number of hydrogen-bond acceptors (Lipinski definition) is 8. The van der Waals surface area contributed by atoms with E-state index in [0.29, 0.717) is 17.9 Å². The molecule has 1 atom stereocenters. The molecule has 3 heterocycles. The minimum Gasteiger partial charge on any atom is -0.447 e. The number of halogens is 3. The molecule has 3 saturated heterocycles. The molecule has 0 aromatic heterocycles. The summed E-state index contributed by atoms with van der Waals surface area (Å²) in [6, 6.07) is 9.65. The zero-order valence-corrected chi connectivity index (χ0v) is 19.6. The van der Waals surface area contributed by atoms with Crippen LogP contribution in [0.15, 0.2) is 42.5 Å². The van der Waals surface area contributed by atoms with E-state index in [1.54, 1.807) is 24.3 Å². The van der Waals surface area contributed by atoms with E-state index in [1.807, 2.05) is 0 Å². The van der Waals surface area contributed by atoms with Crippen LogP contribution in [0.2, 0.25) is 0 Å². The Kier molecular flexibility index (Phi) is 6.49. The van der Waals surface area contributed by atoms with Gasteiger partial charge in [0.2, 0.25) is 5.91 Å². The third-order valence-electron chi connectivity index (χ3n) is 6.66. The van der Waals surface area contributed by atoms with E-state index in [-0.39, 0.29) is 30.8 Å². The van der Waals surface area contributed by atoms with E-state index in [1.165, 1.54) is 28.9 Å². The molecule has 2 aromatic carbocycles. The number of ether oxygens (including phenoxy) is 1. The molecule has 196 valence electrons. The van der Waals surface area contributed by atoms with Crippen molar-refractivity contribution in [2.45, 2.75) is 25.8 Å². The van der Waals surface area contributed by atoms with Gasteiger partial charge in [0.05, 0.1) is 30.7 Å². The van der Waals surface area contributed by atoms with Crippen molar-refractivity contribution in [3.8, 4) is 0 Å². The molecule has 0 radical (unpaired) electrons. The topological polar surface area (TPSA) is 118 Å². The molecule has 3 fully saturated rings. The third kappa shape index (κ3) is 4.71. The molecule has 37 heavy (non-hydrogen) atoms. The number of benzene rings is 2. The van der Waals surface area contributed by atoms with Gasteiger partial charge in [-0.3, -0.25) is 19.5 Å². The summed E-state index contributed by atoms with van der Waals surface area (Å²) in [6.45, 7) is 1.69. The van der Waals surface area contributed by atoms with Crippen LogP contribution in [-0.4, -0.2) is 48.8 Å². The second-order valence-electron chi connectivity index (χ2n) is 8.81. The molecule has 0 spiro atoms. The number of nitrogens with one attached hydrogen (secondary N) is 4. The van der Waals surface area contributed by atoms with Crippen LogP contribution in [0.4, 0.5) is 34.1 Å². The van der Waals surface area contributed by atoms with Crippen molar-refractivity contribution in [2.24, 2.45) is 5.92 Å². The minimum atomic E-state index is -4.57. The lowest BCUT2D eigenvalue weighted by Crippen LogP contribution is -2.62. The van der Waals surface area contributed by atoms with E-state index < -0.39 is 41.9 Å². The van der Waals surface area contributed by atoms with Crippen molar-refractivity contribution >= 4 is 29.4 Å². The van der Waals surface area contributed by atoms with Crippen molar-refractivity contribution in [1.29, 1.82) is 0 Å². The molecule has 3 aliphatic heterocycles. The van der Waals surface area contributed by atoms with Crippen LogP contribution in [-0.2, 0) is 22.3 Å². The first-order valence-corrected chi connectivity index (χ1v) is 11.5. The predicted molar refractivity (Wildman–Crippen MR) is 124 cm³/mol. The fourth-order valence-electron chi connectivity index (χ4n) is 4.64. The number of nitrogens with zero attached hydrogens (tertiary/aromatic N) is 3. The molecular weight excluding hydrogens is 495 g/mol. The van der Waals surface area contributed by atoms with Gasteiger partial charge in [-0.25, -0.2) is 20.4 Å². The normalized spacial score (nSPS) is 21.2. The average Bonchev–Trinajstić information content (AvgIpc) is 3.54. The van der Waals surface area contributed by atoms with Gasteiger partial charge in [-0.05, 0) is 48.4 Å². The van der Waals surface area contributed by atoms with Gasteiger partial charge in [0.25, 0.3) is 0 Å². The highest BCUT2D eigenvalue weighted by Crippen LogP contribution is 2.34. The highest BCUT2D eigenvalue weighted by molar-refractivity contribution is 6.07. The zero-order chi connectivity index (χ0) is 26.3. The number of cyclic esters (lactones) is 1. The molecule has 5 rings (SSSR count). The van der Waals surface area contributed by atoms with Crippen molar-refractivity contribution < 1.29 is 32.3 Å². The van der Waals surface area contributed by atoms with Crippen LogP contribution in [0.25, 0.3) is 0 Å². The maximum absolute atomic E-state index is 13.5. The molecule has 0 aliphatic carbocycles. The number of carbonyl (C=O) groups excluding carboxylic acids is 3. The molecule has 14 heteroatoms. The Bertz CT molecular complexity index is 1220. The molecule has 1 unspecified atom stereocenters. The Morgan fingerprint density at radius 1 is 0.973 bits per heavy atom. The van der Waals surface area contributed by atoms with Crippen molar-refractivity contribution in [3.05, 3.63) is 59.2 Å². The van der Waals surface area contributed by atoms with E-state index in [2.05, 4.69) is 21.9 Å². The second-order valence-corrected chi connectivity index (χ2v) is 8.81. The number of anilines is 2. The molecule has 2 aromatic rings. The lowest BCUT2D eigenvalue weighted by Gasteiger charge is -2.40. The number of rotatable bonds is 5. The smallest absolute Gasteiger partial charge is 0.416 e. The standard InChI is InChI=1S/C23H24F3N7O4/c1-13-14(3-2-4-18(13)23(24,25)26)11-33-20(34)17(19-27-29-30-28-19)12-32(21(33)35)16-7-5-15(6-8-16)31-9-10-37-22(31)36/h2-8,17,19,27-30H,9-12H2,1H3. The molecule has 0 saturated carbocycles. The second kappa shape index (κ2) is 9.63. The Morgan fingerprint density at radius 3 is 2.22 bits per heavy atom. The monoisotopic (exact) mass is 519 g/mol. The summed E-state index contributed by atoms with van der Waals surface area (Å²) in [4.78, 5) is 42.6. The van der Waals surface area contributed by atoms with Gasteiger partial charge in [0, 0.05) is 17.9 Å².